The van der Waals surface area contributed by atoms with E-state index in [-0.39, 0.29) is 5.91 Å². The van der Waals surface area contributed by atoms with Crippen LogP contribution < -0.4 is 5.32 Å². The third kappa shape index (κ3) is 2.87. The van der Waals surface area contributed by atoms with E-state index in [4.69, 9.17) is 0 Å². The minimum atomic E-state index is -0.195. The lowest BCUT2D eigenvalue weighted by Gasteiger charge is -2.05. The topological polar surface area (TPSA) is 54.9 Å². The molecule has 2 aromatic heterocycles. The number of hydrogen-bond donors (Lipinski definition) is 1. The third-order valence-corrected chi connectivity index (χ3v) is 2.29. The second kappa shape index (κ2) is 4.74. The van der Waals surface area contributed by atoms with E-state index in [1.54, 1.807) is 18.5 Å². The van der Waals surface area contributed by atoms with Crippen molar-refractivity contribution < 1.29 is 4.79 Å². The van der Waals surface area contributed by atoms with Crippen LogP contribution in [0.3, 0.4) is 0 Å². The predicted molar refractivity (Wildman–Crippen MR) is 65.9 cm³/mol. The maximum Gasteiger partial charge on any atom is 0.258 e. The van der Waals surface area contributed by atoms with Crippen LogP contribution in [-0.4, -0.2) is 15.9 Å². The van der Waals surface area contributed by atoms with E-state index < -0.39 is 0 Å². The van der Waals surface area contributed by atoms with Crippen LogP contribution in [0.5, 0.6) is 0 Å². The Labute approximate surface area is 99.7 Å². The Morgan fingerprint density at radius 2 is 2.00 bits per heavy atom. The van der Waals surface area contributed by atoms with Gasteiger partial charge in [-0.05, 0) is 43.2 Å². The van der Waals surface area contributed by atoms with Gasteiger partial charge in [0, 0.05) is 18.6 Å². The lowest BCUT2D eigenvalue weighted by Crippen LogP contribution is -2.13. The molecule has 0 atom stereocenters. The van der Waals surface area contributed by atoms with Gasteiger partial charge in [0.2, 0.25) is 0 Å². The summed E-state index contributed by atoms with van der Waals surface area (Å²) in [5, 5.41) is 2.74. The van der Waals surface area contributed by atoms with Crippen molar-refractivity contribution in [2.24, 2.45) is 0 Å². The molecule has 0 fully saturated rings. The molecular weight excluding hydrogens is 214 g/mol. The van der Waals surface area contributed by atoms with Crippen LogP contribution in [0.2, 0.25) is 0 Å². The average molecular weight is 227 g/mol. The van der Waals surface area contributed by atoms with Crippen molar-refractivity contribution in [3.63, 3.8) is 0 Å². The van der Waals surface area contributed by atoms with Crippen molar-refractivity contribution in [1.82, 2.24) is 9.97 Å². The van der Waals surface area contributed by atoms with Gasteiger partial charge in [-0.1, -0.05) is 0 Å². The molecule has 2 aromatic rings. The summed E-state index contributed by atoms with van der Waals surface area (Å²) in [6, 6.07) is 5.49. The maximum atomic E-state index is 11.9. The molecule has 0 aliphatic carbocycles. The molecule has 0 aromatic carbocycles. The van der Waals surface area contributed by atoms with Crippen LogP contribution in [0, 0.1) is 13.8 Å². The first-order valence-electron chi connectivity index (χ1n) is 5.31. The van der Waals surface area contributed by atoms with Crippen LogP contribution in [0.15, 0.2) is 36.8 Å². The average Bonchev–Trinajstić information content (AvgIpc) is 2.29. The molecule has 0 saturated carbocycles. The van der Waals surface area contributed by atoms with Gasteiger partial charge in [-0.25, -0.2) is 4.98 Å². The number of carbonyl (C=O) groups is 1. The molecule has 0 radical (unpaired) electrons. The molecule has 0 aliphatic heterocycles. The monoisotopic (exact) mass is 227 g/mol. The number of aromatic nitrogens is 2. The van der Waals surface area contributed by atoms with Crippen molar-refractivity contribution >= 4 is 11.7 Å². The fourth-order valence-electron chi connectivity index (χ4n) is 1.47. The molecule has 0 unspecified atom stereocenters. The Bertz CT molecular complexity index is 552. The Kier molecular flexibility index (Phi) is 3.14. The maximum absolute atomic E-state index is 11.9. The molecule has 2 heterocycles. The molecule has 0 spiro atoms. The number of amides is 1. The number of hydrogen-bond acceptors (Lipinski definition) is 3. The summed E-state index contributed by atoms with van der Waals surface area (Å²) in [6.45, 7) is 3.85. The van der Waals surface area contributed by atoms with Crippen molar-refractivity contribution in [2.45, 2.75) is 13.8 Å². The molecule has 4 heteroatoms. The van der Waals surface area contributed by atoms with Crippen LogP contribution in [0.4, 0.5) is 5.82 Å². The van der Waals surface area contributed by atoms with Gasteiger partial charge in [0.1, 0.15) is 5.82 Å². The molecule has 1 N–H and O–H groups in total. The zero-order chi connectivity index (χ0) is 12.3. The molecule has 4 nitrogen and oxygen atoms in total. The summed E-state index contributed by atoms with van der Waals surface area (Å²) < 4.78 is 0. The summed E-state index contributed by atoms with van der Waals surface area (Å²) in [5.74, 6) is 0.357. The van der Waals surface area contributed by atoms with Gasteiger partial charge < -0.3 is 5.32 Å². The van der Waals surface area contributed by atoms with Crippen molar-refractivity contribution in [2.75, 3.05) is 5.32 Å². The summed E-state index contributed by atoms with van der Waals surface area (Å²) in [7, 11) is 0. The SMILES string of the molecule is Cc1cncc(C(=O)Nc2cc(C)ccn2)c1. The molecule has 0 saturated heterocycles. The molecule has 86 valence electrons. The van der Waals surface area contributed by atoms with Crippen LogP contribution in [0.1, 0.15) is 21.5 Å². The Morgan fingerprint density at radius 1 is 1.18 bits per heavy atom. The second-order valence-corrected chi connectivity index (χ2v) is 3.92. The van der Waals surface area contributed by atoms with Crippen LogP contribution in [0.25, 0.3) is 0 Å². The largest absolute Gasteiger partial charge is 0.307 e. The zero-order valence-electron chi connectivity index (χ0n) is 9.77. The van der Waals surface area contributed by atoms with Crippen LogP contribution in [-0.2, 0) is 0 Å². The third-order valence-electron chi connectivity index (χ3n) is 2.29. The van der Waals surface area contributed by atoms with Crippen molar-refractivity contribution in [1.29, 1.82) is 0 Å². The fourth-order valence-corrected chi connectivity index (χ4v) is 1.47. The smallest absolute Gasteiger partial charge is 0.258 e. The number of anilines is 1. The molecule has 0 aliphatic rings. The van der Waals surface area contributed by atoms with Gasteiger partial charge in [-0.15, -0.1) is 0 Å². The van der Waals surface area contributed by atoms with E-state index in [2.05, 4.69) is 15.3 Å². The van der Waals surface area contributed by atoms with E-state index in [9.17, 15) is 4.79 Å². The lowest BCUT2D eigenvalue weighted by molar-refractivity contribution is 0.102. The van der Waals surface area contributed by atoms with Gasteiger partial charge in [0.05, 0.1) is 5.56 Å². The first kappa shape index (κ1) is 11.3. The van der Waals surface area contributed by atoms with Crippen molar-refractivity contribution in [3.05, 3.63) is 53.5 Å². The van der Waals surface area contributed by atoms with Crippen molar-refractivity contribution in [3.8, 4) is 0 Å². The number of rotatable bonds is 2. The number of aryl methyl sites for hydroxylation is 2. The second-order valence-electron chi connectivity index (χ2n) is 3.92. The normalized spacial score (nSPS) is 10.0. The summed E-state index contributed by atoms with van der Waals surface area (Å²) in [4.78, 5) is 19.9. The summed E-state index contributed by atoms with van der Waals surface area (Å²) in [6.07, 6.45) is 4.92. The highest BCUT2D eigenvalue weighted by Gasteiger charge is 2.07. The Morgan fingerprint density at radius 3 is 2.71 bits per heavy atom. The predicted octanol–water partition coefficient (Wildman–Crippen LogP) is 2.35. The van der Waals surface area contributed by atoms with E-state index in [1.807, 2.05) is 26.0 Å². The number of carbonyl (C=O) groups excluding carboxylic acids is 1. The minimum Gasteiger partial charge on any atom is -0.307 e. The van der Waals surface area contributed by atoms with Gasteiger partial charge in [0.15, 0.2) is 0 Å². The number of nitrogens with zero attached hydrogens (tertiary/aromatic N) is 2. The summed E-state index contributed by atoms with van der Waals surface area (Å²) >= 11 is 0. The first-order chi connectivity index (χ1) is 8.15. The number of nitrogens with one attached hydrogen (secondary N) is 1. The van der Waals surface area contributed by atoms with Gasteiger partial charge in [-0.3, -0.25) is 9.78 Å². The van der Waals surface area contributed by atoms with E-state index in [1.165, 1.54) is 6.20 Å². The van der Waals surface area contributed by atoms with Crippen LogP contribution >= 0.6 is 0 Å². The Balaban J connectivity index is 2.17. The highest BCUT2D eigenvalue weighted by Crippen LogP contribution is 2.08. The molecular formula is C13H13N3O. The van der Waals surface area contributed by atoms with Gasteiger partial charge >= 0.3 is 0 Å². The Hall–Kier alpha value is -2.23. The highest BCUT2D eigenvalue weighted by molar-refractivity contribution is 6.03. The molecule has 17 heavy (non-hydrogen) atoms. The lowest BCUT2D eigenvalue weighted by atomic mass is 10.2. The van der Waals surface area contributed by atoms with Gasteiger partial charge in [-0.2, -0.15) is 0 Å². The van der Waals surface area contributed by atoms with E-state index in [0.717, 1.165) is 11.1 Å². The molecule has 1 amide bonds. The minimum absolute atomic E-state index is 0.195. The fraction of sp³-hybridized carbons (Fsp3) is 0.154. The van der Waals surface area contributed by atoms with E-state index >= 15 is 0 Å². The molecule has 2 rings (SSSR count). The highest BCUT2D eigenvalue weighted by atomic mass is 16.1. The quantitative estimate of drug-likeness (QED) is 0.856. The van der Waals surface area contributed by atoms with E-state index in [0.29, 0.717) is 11.4 Å². The first-order valence-corrected chi connectivity index (χ1v) is 5.31. The number of pyridine rings is 2. The zero-order valence-corrected chi connectivity index (χ0v) is 9.77. The summed E-state index contributed by atoms with van der Waals surface area (Å²) in [5.41, 5.74) is 2.54. The molecule has 0 bridgehead atoms. The standard InChI is InChI=1S/C13H13N3O/c1-9-3-4-15-12(6-9)16-13(17)11-5-10(2)7-14-8-11/h3-8H,1-2H3,(H,15,16,17). The van der Waals surface area contributed by atoms with Gasteiger partial charge in [0.25, 0.3) is 5.91 Å².